The van der Waals surface area contributed by atoms with E-state index in [-0.39, 0.29) is 11.5 Å². The van der Waals surface area contributed by atoms with Crippen LogP contribution in [-0.2, 0) is 0 Å². The average Bonchev–Trinajstić information content (AvgIpc) is 2.72. The van der Waals surface area contributed by atoms with Crippen LogP contribution in [0.25, 0.3) is 6.08 Å². The highest BCUT2D eigenvalue weighted by Crippen LogP contribution is 2.16. The van der Waals surface area contributed by atoms with Crippen LogP contribution in [0.3, 0.4) is 0 Å². The third-order valence-electron chi connectivity index (χ3n) is 3.92. The SMILES string of the molecule is O=C(/C=C/c1ccc(Br)cc1)c1ccc(N=Cc2ccc([N+](=O)[O-])cc2)cc1. The van der Waals surface area contributed by atoms with Crippen LogP contribution in [-0.4, -0.2) is 16.9 Å². The fourth-order valence-corrected chi connectivity index (χ4v) is 2.65. The Labute approximate surface area is 170 Å². The first-order valence-electron chi connectivity index (χ1n) is 8.38. The molecule has 0 aliphatic heterocycles. The summed E-state index contributed by atoms with van der Waals surface area (Å²) in [7, 11) is 0. The first-order valence-corrected chi connectivity index (χ1v) is 9.17. The summed E-state index contributed by atoms with van der Waals surface area (Å²) in [5, 5.41) is 10.7. The molecule has 0 bridgehead atoms. The summed E-state index contributed by atoms with van der Waals surface area (Å²) < 4.78 is 0.987. The van der Waals surface area contributed by atoms with Gasteiger partial charge in [0.2, 0.25) is 0 Å². The highest BCUT2D eigenvalue weighted by molar-refractivity contribution is 9.10. The zero-order chi connectivity index (χ0) is 19.9. The van der Waals surface area contributed by atoms with E-state index in [0.717, 1.165) is 15.6 Å². The van der Waals surface area contributed by atoms with Gasteiger partial charge >= 0.3 is 0 Å². The number of hydrogen-bond donors (Lipinski definition) is 0. The first kappa shape index (κ1) is 19.4. The number of benzene rings is 3. The van der Waals surface area contributed by atoms with E-state index in [4.69, 9.17) is 0 Å². The first-order chi connectivity index (χ1) is 13.5. The molecule has 0 aromatic heterocycles. The second-order valence-electron chi connectivity index (χ2n) is 5.90. The molecule has 3 aromatic rings. The lowest BCUT2D eigenvalue weighted by molar-refractivity contribution is -0.384. The Morgan fingerprint density at radius 2 is 1.50 bits per heavy atom. The van der Waals surface area contributed by atoms with Crippen molar-refractivity contribution in [3.05, 3.63) is 110 Å². The van der Waals surface area contributed by atoms with Crippen LogP contribution < -0.4 is 0 Å². The molecule has 3 rings (SSSR count). The number of allylic oxidation sites excluding steroid dienone is 1. The van der Waals surface area contributed by atoms with Crippen LogP contribution in [0, 0.1) is 10.1 Å². The Balaban J connectivity index is 1.64. The summed E-state index contributed by atoms with van der Waals surface area (Å²) in [5.74, 6) is -0.0891. The Morgan fingerprint density at radius 1 is 0.893 bits per heavy atom. The third-order valence-corrected chi connectivity index (χ3v) is 4.44. The zero-order valence-electron chi connectivity index (χ0n) is 14.7. The molecule has 0 unspecified atom stereocenters. The molecule has 0 N–H and O–H groups in total. The van der Waals surface area contributed by atoms with Gasteiger partial charge in [0.25, 0.3) is 5.69 Å². The number of aliphatic imine (C=N–C) groups is 1. The maximum Gasteiger partial charge on any atom is 0.269 e. The largest absolute Gasteiger partial charge is 0.289 e. The second-order valence-corrected chi connectivity index (χ2v) is 6.82. The number of carbonyl (C=O) groups is 1. The molecule has 0 fully saturated rings. The molecule has 3 aromatic carbocycles. The van der Waals surface area contributed by atoms with Crippen molar-refractivity contribution >= 4 is 45.4 Å². The van der Waals surface area contributed by atoms with E-state index in [2.05, 4.69) is 20.9 Å². The Kier molecular flexibility index (Phi) is 6.24. The molecule has 0 spiro atoms. The van der Waals surface area contributed by atoms with Crippen molar-refractivity contribution in [1.29, 1.82) is 0 Å². The van der Waals surface area contributed by atoms with E-state index in [1.807, 2.05) is 24.3 Å². The minimum Gasteiger partial charge on any atom is -0.289 e. The number of nitrogens with zero attached hydrogens (tertiary/aromatic N) is 2. The van der Waals surface area contributed by atoms with Crippen molar-refractivity contribution in [2.75, 3.05) is 0 Å². The van der Waals surface area contributed by atoms with E-state index in [1.165, 1.54) is 12.1 Å². The lowest BCUT2D eigenvalue weighted by atomic mass is 10.1. The Hall–Kier alpha value is -3.38. The molecule has 5 nitrogen and oxygen atoms in total. The fourth-order valence-electron chi connectivity index (χ4n) is 2.38. The molecule has 0 amide bonds. The fraction of sp³-hybridized carbons (Fsp3) is 0. The van der Waals surface area contributed by atoms with E-state index in [9.17, 15) is 14.9 Å². The minimum atomic E-state index is -0.443. The molecule has 0 aliphatic rings. The van der Waals surface area contributed by atoms with E-state index >= 15 is 0 Å². The van der Waals surface area contributed by atoms with Crippen molar-refractivity contribution in [1.82, 2.24) is 0 Å². The van der Waals surface area contributed by atoms with Gasteiger partial charge in [-0.05, 0) is 65.7 Å². The molecule has 0 saturated heterocycles. The number of ketones is 1. The summed E-state index contributed by atoms with van der Waals surface area (Å²) in [4.78, 5) is 26.8. The summed E-state index contributed by atoms with van der Waals surface area (Å²) in [6, 6.07) is 20.7. The Bertz CT molecular complexity index is 1040. The zero-order valence-corrected chi connectivity index (χ0v) is 16.2. The molecule has 0 atom stereocenters. The van der Waals surface area contributed by atoms with Crippen molar-refractivity contribution in [3.63, 3.8) is 0 Å². The number of nitro benzene ring substituents is 1. The maximum absolute atomic E-state index is 12.3. The summed E-state index contributed by atoms with van der Waals surface area (Å²) in [6.07, 6.45) is 4.93. The molecule has 28 heavy (non-hydrogen) atoms. The van der Waals surface area contributed by atoms with Crippen LogP contribution in [0.2, 0.25) is 0 Å². The average molecular weight is 435 g/mol. The van der Waals surface area contributed by atoms with Gasteiger partial charge in [0.05, 0.1) is 10.6 Å². The van der Waals surface area contributed by atoms with Crippen LogP contribution in [0.5, 0.6) is 0 Å². The molecule has 6 heteroatoms. The van der Waals surface area contributed by atoms with E-state index < -0.39 is 4.92 Å². The smallest absolute Gasteiger partial charge is 0.269 e. The molecule has 138 valence electrons. The van der Waals surface area contributed by atoms with E-state index in [0.29, 0.717) is 11.3 Å². The lowest BCUT2D eigenvalue weighted by Crippen LogP contribution is -1.93. The normalized spacial score (nSPS) is 11.2. The standard InChI is InChI=1S/C22H15BrN2O3/c23-19-8-1-16(2-9-19)5-14-22(26)18-6-10-20(11-7-18)24-15-17-3-12-21(13-4-17)25(27)28/h1-15H/b14-5+,24-15?. The quantitative estimate of drug-likeness (QED) is 0.157. The molecule has 0 heterocycles. The monoisotopic (exact) mass is 434 g/mol. The van der Waals surface area contributed by atoms with Crippen LogP contribution in [0.4, 0.5) is 11.4 Å². The number of non-ortho nitro benzene ring substituents is 1. The number of carbonyl (C=O) groups excluding carboxylic acids is 1. The predicted molar refractivity (Wildman–Crippen MR) is 114 cm³/mol. The van der Waals surface area contributed by atoms with Crippen LogP contribution >= 0.6 is 15.9 Å². The van der Waals surface area contributed by atoms with Crippen LogP contribution in [0.15, 0.2) is 88.3 Å². The second kappa shape index (κ2) is 9.01. The van der Waals surface area contributed by atoms with Crippen LogP contribution in [0.1, 0.15) is 21.5 Å². The number of nitro groups is 1. The summed E-state index contributed by atoms with van der Waals surface area (Å²) in [6.45, 7) is 0. The topological polar surface area (TPSA) is 72.6 Å². The molecular weight excluding hydrogens is 420 g/mol. The van der Waals surface area contributed by atoms with Gasteiger partial charge in [-0.3, -0.25) is 19.9 Å². The Morgan fingerprint density at radius 3 is 2.11 bits per heavy atom. The van der Waals surface area contributed by atoms with Crippen molar-refractivity contribution in [2.45, 2.75) is 0 Å². The van der Waals surface area contributed by atoms with E-state index in [1.54, 1.807) is 54.8 Å². The third kappa shape index (κ3) is 5.31. The van der Waals surface area contributed by atoms with Gasteiger partial charge in [-0.2, -0.15) is 0 Å². The van der Waals surface area contributed by atoms with Gasteiger partial charge in [-0.1, -0.05) is 34.1 Å². The summed E-state index contributed by atoms with van der Waals surface area (Å²) >= 11 is 3.38. The molecule has 0 aliphatic carbocycles. The van der Waals surface area contributed by atoms with Gasteiger partial charge < -0.3 is 0 Å². The maximum atomic E-state index is 12.3. The minimum absolute atomic E-state index is 0.0382. The summed E-state index contributed by atoms with van der Waals surface area (Å²) in [5.41, 5.74) is 3.00. The van der Waals surface area contributed by atoms with Crippen molar-refractivity contribution < 1.29 is 9.72 Å². The van der Waals surface area contributed by atoms with Gasteiger partial charge in [0.1, 0.15) is 0 Å². The molecule has 0 radical (unpaired) electrons. The van der Waals surface area contributed by atoms with Gasteiger partial charge in [0, 0.05) is 28.4 Å². The predicted octanol–water partition coefficient (Wildman–Crippen LogP) is 6.00. The molecular formula is C22H15BrN2O3. The van der Waals surface area contributed by atoms with Crippen molar-refractivity contribution in [2.24, 2.45) is 4.99 Å². The highest BCUT2D eigenvalue weighted by atomic mass is 79.9. The number of halogens is 1. The van der Waals surface area contributed by atoms with Gasteiger partial charge in [-0.15, -0.1) is 0 Å². The number of hydrogen-bond acceptors (Lipinski definition) is 4. The number of rotatable bonds is 6. The van der Waals surface area contributed by atoms with Gasteiger partial charge in [-0.25, -0.2) is 0 Å². The molecule has 0 saturated carbocycles. The highest BCUT2D eigenvalue weighted by Gasteiger charge is 2.03. The van der Waals surface area contributed by atoms with Crippen molar-refractivity contribution in [3.8, 4) is 0 Å². The van der Waals surface area contributed by atoms with Gasteiger partial charge in [0.15, 0.2) is 5.78 Å². The lowest BCUT2D eigenvalue weighted by Gasteiger charge is -1.98.